The molecule has 12 heavy (non-hydrogen) atoms. The van der Waals surface area contributed by atoms with Crippen LogP contribution >= 0.6 is 0 Å². The molecule has 0 spiro atoms. The highest BCUT2D eigenvalue weighted by molar-refractivity contribution is 5.68. The molecule has 0 unspecified atom stereocenters. The lowest BCUT2D eigenvalue weighted by Gasteiger charge is -2.05. The van der Waals surface area contributed by atoms with Gasteiger partial charge in [-0.3, -0.25) is 4.79 Å². The van der Waals surface area contributed by atoms with Crippen molar-refractivity contribution in [3.05, 3.63) is 0 Å². The zero-order valence-electron chi connectivity index (χ0n) is 6.78. The standard InChI is InChI=1S/C7H11F3O2/c1-2-6(11)12-5-3-4-7(8,9)10/h2-5H2,1H3. The Morgan fingerprint density at radius 3 is 2.42 bits per heavy atom. The van der Waals surface area contributed by atoms with E-state index in [1.54, 1.807) is 6.92 Å². The molecular formula is C7H11F3O2. The molecule has 0 bridgehead atoms. The average molecular weight is 184 g/mol. The van der Waals surface area contributed by atoms with E-state index in [-0.39, 0.29) is 19.4 Å². The summed E-state index contributed by atoms with van der Waals surface area (Å²) >= 11 is 0. The van der Waals surface area contributed by atoms with Crippen LogP contribution in [-0.4, -0.2) is 18.8 Å². The highest BCUT2D eigenvalue weighted by atomic mass is 19.4. The van der Waals surface area contributed by atoms with Gasteiger partial charge in [-0.25, -0.2) is 0 Å². The van der Waals surface area contributed by atoms with Crippen molar-refractivity contribution in [2.75, 3.05) is 6.61 Å². The lowest BCUT2D eigenvalue weighted by Crippen LogP contribution is -2.10. The van der Waals surface area contributed by atoms with Crippen LogP contribution in [0.5, 0.6) is 0 Å². The third-order valence-corrected chi connectivity index (χ3v) is 1.16. The SMILES string of the molecule is CCC(=O)OCCCC(F)(F)F. The Morgan fingerprint density at radius 1 is 1.42 bits per heavy atom. The van der Waals surface area contributed by atoms with Crippen molar-refractivity contribution in [2.45, 2.75) is 32.4 Å². The minimum absolute atomic E-state index is 0.147. The van der Waals surface area contributed by atoms with E-state index in [1.165, 1.54) is 0 Å². The molecule has 0 saturated carbocycles. The van der Waals surface area contributed by atoms with Gasteiger partial charge in [0.05, 0.1) is 6.61 Å². The third kappa shape index (κ3) is 7.37. The summed E-state index contributed by atoms with van der Waals surface area (Å²) in [5, 5.41) is 0. The molecule has 0 heterocycles. The molecule has 5 heteroatoms. The Morgan fingerprint density at radius 2 is 2.00 bits per heavy atom. The van der Waals surface area contributed by atoms with Gasteiger partial charge in [0.15, 0.2) is 0 Å². The summed E-state index contributed by atoms with van der Waals surface area (Å²) in [7, 11) is 0. The Bertz CT molecular complexity index is 142. The Labute approximate surface area is 68.7 Å². The van der Waals surface area contributed by atoms with Gasteiger partial charge in [-0.2, -0.15) is 13.2 Å². The smallest absolute Gasteiger partial charge is 0.389 e. The minimum atomic E-state index is -4.15. The van der Waals surface area contributed by atoms with Crippen LogP contribution in [0.2, 0.25) is 0 Å². The van der Waals surface area contributed by atoms with Gasteiger partial charge in [0.2, 0.25) is 0 Å². The molecule has 0 aliphatic carbocycles. The predicted octanol–water partition coefficient (Wildman–Crippen LogP) is 2.28. The number of esters is 1. The number of alkyl halides is 3. The average Bonchev–Trinajstić information content (AvgIpc) is 1.96. The van der Waals surface area contributed by atoms with Gasteiger partial charge < -0.3 is 4.74 Å². The first-order valence-electron chi connectivity index (χ1n) is 3.68. The van der Waals surface area contributed by atoms with Gasteiger partial charge in [-0.05, 0) is 6.42 Å². The van der Waals surface area contributed by atoms with Crippen LogP contribution in [0.1, 0.15) is 26.2 Å². The fraction of sp³-hybridized carbons (Fsp3) is 0.857. The second-order valence-corrected chi connectivity index (χ2v) is 2.29. The van der Waals surface area contributed by atoms with E-state index in [4.69, 9.17) is 0 Å². The first-order chi connectivity index (χ1) is 5.45. The van der Waals surface area contributed by atoms with Crippen LogP contribution in [-0.2, 0) is 9.53 Å². The second-order valence-electron chi connectivity index (χ2n) is 2.29. The highest BCUT2D eigenvalue weighted by Crippen LogP contribution is 2.20. The number of halogens is 3. The van der Waals surface area contributed by atoms with Crippen molar-refractivity contribution in [3.8, 4) is 0 Å². The van der Waals surface area contributed by atoms with Crippen LogP contribution in [0.4, 0.5) is 13.2 Å². The van der Waals surface area contributed by atoms with E-state index in [2.05, 4.69) is 4.74 Å². The monoisotopic (exact) mass is 184 g/mol. The summed E-state index contributed by atoms with van der Waals surface area (Å²) in [5.41, 5.74) is 0. The van der Waals surface area contributed by atoms with E-state index < -0.39 is 18.6 Å². The maximum atomic E-state index is 11.5. The summed E-state index contributed by atoms with van der Waals surface area (Å²) in [4.78, 5) is 10.4. The Kier molecular flexibility index (Phi) is 4.70. The third-order valence-electron chi connectivity index (χ3n) is 1.16. The zero-order valence-corrected chi connectivity index (χ0v) is 6.78. The van der Waals surface area contributed by atoms with Gasteiger partial charge >= 0.3 is 12.1 Å². The summed E-state index contributed by atoms with van der Waals surface area (Å²) in [6.07, 6.45) is -5.01. The van der Waals surface area contributed by atoms with Crippen LogP contribution in [0.3, 0.4) is 0 Å². The lowest BCUT2D eigenvalue weighted by molar-refractivity contribution is -0.150. The number of carbonyl (C=O) groups excluding carboxylic acids is 1. The van der Waals surface area contributed by atoms with Crippen molar-refractivity contribution < 1.29 is 22.7 Å². The molecule has 0 fully saturated rings. The first kappa shape index (κ1) is 11.3. The number of hydrogen-bond acceptors (Lipinski definition) is 2. The minimum Gasteiger partial charge on any atom is -0.466 e. The molecule has 0 aliphatic rings. The quantitative estimate of drug-likeness (QED) is 0.495. The lowest BCUT2D eigenvalue weighted by atomic mass is 10.3. The molecule has 72 valence electrons. The molecule has 0 atom stereocenters. The Balaban J connectivity index is 3.28. The number of ether oxygens (including phenoxy) is 1. The molecular weight excluding hydrogens is 173 g/mol. The van der Waals surface area contributed by atoms with Crippen LogP contribution in [0.15, 0.2) is 0 Å². The van der Waals surface area contributed by atoms with Gasteiger partial charge in [0, 0.05) is 12.8 Å². The summed E-state index contributed by atoms with van der Waals surface area (Å²) in [5.74, 6) is -0.461. The molecule has 2 nitrogen and oxygen atoms in total. The van der Waals surface area contributed by atoms with Crippen molar-refractivity contribution >= 4 is 5.97 Å². The predicted molar refractivity (Wildman–Crippen MR) is 36.5 cm³/mol. The fourth-order valence-electron chi connectivity index (χ4n) is 0.561. The molecule has 0 aromatic rings. The molecule has 0 amide bonds. The van der Waals surface area contributed by atoms with Crippen molar-refractivity contribution in [1.29, 1.82) is 0 Å². The molecule has 0 rings (SSSR count). The largest absolute Gasteiger partial charge is 0.466 e. The molecule has 0 aromatic carbocycles. The van der Waals surface area contributed by atoms with E-state index in [0.29, 0.717) is 0 Å². The van der Waals surface area contributed by atoms with Crippen LogP contribution < -0.4 is 0 Å². The molecule has 0 aliphatic heterocycles. The molecule has 0 aromatic heterocycles. The summed E-state index contributed by atoms with van der Waals surface area (Å²) < 4.78 is 39.0. The second kappa shape index (κ2) is 5.00. The summed E-state index contributed by atoms with van der Waals surface area (Å²) in [6.45, 7) is 1.44. The highest BCUT2D eigenvalue weighted by Gasteiger charge is 2.26. The van der Waals surface area contributed by atoms with Gasteiger partial charge in [0.1, 0.15) is 0 Å². The summed E-state index contributed by atoms with van der Waals surface area (Å²) in [6, 6.07) is 0. The van der Waals surface area contributed by atoms with Gasteiger partial charge in [-0.1, -0.05) is 6.92 Å². The Hall–Kier alpha value is -0.740. The molecule has 0 N–H and O–H groups in total. The van der Waals surface area contributed by atoms with Crippen molar-refractivity contribution in [1.82, 2.24) is 0 Å². The van der Waals surface area contributed by atoms with Gasteiger partial charge in [0.25, 0.3) is 0 Å². The normalized spacial score (nSPS) is 11.3. The topological polar surface area (TPSA) is 26.3 Å². The first-order valence-corrected chi connectivity index (χ1v) is 3.68. The van der Waals surface area contributed by atoms with Crippen LogP contribution in [0.25, 0.3) is 0 Å². The van der Waals surface area contributed by atoms with Crippen molar-refractivity contribution in [3.63, 3.8) is 0 Å². The van der Waals surface area contributed by atoms with E-state index >= 15 is 0 Å². The molecule has 0 radical (unpaired) electrons. The van der Waals surface area contributed by atoms with E-state index in [0.717, 1.165) is 0 Å². The van der Waals surface area contributed by atoms with Gasteiger partial charge in [-0.15, -0.1) is 0 Å². The molecule has 0 saturated heterocycles. The fourth-order valence-corrected chi connectivity index (χ4v) is 0.561. The maximum Gasteiger partial charge on any atom is 0.389 e. The maximum absolute atomic E-state index is 11.5. The number of carbonyl (C=O) groups is 1. The van der Waals surface area contributed by atoms with E-state index in [1.807, 2.05) is 0 Å². The number of hydrogen-bond donors (Lipinski definition) is 0. The van der Waals surface area contributed by atoms with Crippen molar-refractivity contribution in [2.24, 2.45) is 0 Å². The number of rotatable bonds is 4. The zero-order chi connectivity index (χ0) is 9.61. The van der Waals surface area contributed by atoms with Crippen LogP contribution in [0, 0.1) is 0 Å². The van der Waals surface area contributed by atoms with E-state index in [9.17, 15) is 18.0 Å².